The number of aromatic nitrogens is 1. The van der Waals surface area contributed by atoms with Gasteiger partial charge in [0.15, 0.2) is 5.58 Å². The number of carboxylic acids is 1. The van der Waals surface area contributed by atoms with Crippen molar-refractivity contribution >= 4 is 46.3 Å². The summed E-state index contributed by atoms with van der Waals surface area (Å²) in [5.41, 5.74) is 2.16. The third-order valence-corrected chi connectivity index (χ3v) is 6.03. The van der Waals surface area contributed by atoms with Gasteiger partial charge in [-0.2, -0.15) is 4.98 Å². The lowest BCUT2D eigenvalue weighted by molar-refractivity contribution is -0.116. The number of ether oxygens (including phenoxy) is 1. The molecule has 2 atom stereocenters. The molecule has 2 aromatic rings. The van der Waals surface area contributed by atoms with Gasteiger partial charge in [-0.05, 0) is 30.5 Å². The molecule has 0 spiro atoms. The van der Waals surface area contributed by atoms with Crippen molar-refractivity contribution in [2.45, 2.75) is 38.3 Å². The zero-order valence-corrected chi connectivity index (χ0v) is 18.0. The number of hydrogen-bond acceptors (Lipinski definition) is 7. The molecular formula is C21H23ClN4O5. The number of hydrogen-bond donors (Lipinski definition) is 2. The van der Waals surface area contributed by atoms with Crippen LogP contribution in [0.3, 0.4) is 0 Å². The van der Waals surface area contributed by atoms with E-state index in [0.717, 1.165) is 12.0 Å². The second kappa shape index (κ2) is 8.68. The number of fused-ring (bicyclic) bond motifs is 1. The predicted molar refractivity (Wildman–Crippen MR) is 116 cm³/mol. The number of aliphatic imine (C=N–C) groups is 1. The molecule has 0 bridgehead atoms. The van der Waals surface area contributed by atoms with Crippen LogP contribution in [0.4, 0.5) is 6.01 Å². The van der Waals surface area contributed by atoms with Crippen molar-refractivity contribution in [3.8, 4) is 0 Å². The first-order chi connectivity index (χ1) is 14.9. The highest BCUT2D eigenvalue weighted by Gasteiger charge is 2.34. The van der Waals surface area contributed by atoms with Crippen molar-refractivity contribution in [3.63, 3.8) is 0 Å². The topological polar surface area (TPSA) is 117 Å². The van der Waals surface area contributed by atoms with Crippen LogP contribution < -0.4 is 10.2 Å². The van der Waals surface area contributed by atoms with Gasteiger partial charge in [-0.3, -0.25) is 4.79 Å². The quantitative estimate of drug-likeness (QED) is 0.655. The number of oxazole rings is 1. The van der Waals surface area contributed by atoms with Gasteiger partial charge in [0.1, 0.15) is 21.9 Å². The van der Waals surface area contributed by atoms with Gasteiger partial charge in [0.05, 0.1) is 18.7 Å². The number of carboxylic acid groups (broad SMARTS) is 1. The molecule has 1 amide bonds. The van der Waals surface area contributed by atoms with E-state index in [-0.39, 0.29) is 29.2 Å². The third kappa shape index (κ3) is 4.15. The number of methoxy groups -OCH3 is 1. The minimum atomic E-state index is -1.07. The Hall–Kier alpha value is -2.91. The molecule has 2 aliphatic heterocycles. The van der Waals surface area contributed by atoms with Crippen LogP contribution in [0, 0.1) is 0 Å². The van der Waals surface area contributed by atoms with Gasteiger partial charge in [0.25, 0.3) is 11.9 Å². The maximum absolute atomic E-state index is 12.7. The lowest BCUT2D eigenvalue weighted by Gasteiger charge is -2.37. The van der Waals surface area contributed by atoms with Gasteiger partial charge in [0.2, 0.25) is 0 Å². The SMILES string of the molecule is CCC1=C(Cl)N=C(C(=O)N[C@@H]2CCN(c3nc4cccc(C(=O)O)c4o3)C[C@@H]2OC)C1. The molecule has 10 heteroatoms. The molecule has 31 heavy (non-hydrogen) atoms. The Morgan fingerprint density at radius 3 is 2.90 bits per heavy atom. The van der Waals surface area contributed by atoms with E-state index < -0.39 is 5.97 Å². The van der Waals surface area contributed by atoms with Crippen LogP contribution in [0.25, 0.3) is 11.1 Å². The summed E-state index contributed by atoms with van der Waals surface area (Å²) in [6, 6.07) is 4.95. The van der Waals surface area contributed by atoms with Crippen molar-refractivity contribution in [1.82, 2.24) is 10.3 Å². The van der Waals surface area contributed by atoms with E-state index in [0.29, 0.717) is 48.3 Å². The number of carbonyl (C=O) groups excluding carboxylic acids is 1. The van der Waals surface area contributed by atoms with E-state index in [1.54, 1.807) is 19.2 Å². The highest BCUT2D eigenvalue weighted by molar-refractivity contribution is 6.43. The average Bonchev–Trinajstić information content (AvgIpc) is 3.36. The molecule has 9 nitrogen and oxygen atoms in total. The minimum Gasteiger partial charge on any atom is -0.478 e. The normalized spacial score (nSPS) is 21.5. The molecule has 0 radical (unpaired) electrons. The fourth-order valence-electron chi connectivity index (χ4n) is 3.90. The highest BCUT2D eigenvalue weighted by atomic mass is 35.5. The largest absolute Gasteiger partial charge is 0.478 e. The lowest BCUT2D eigenvalue weighted by atomic mass is 10.0. The van der Waals surface area contributed by atoms with E-state index in [2.05, 4.69) is 15.3 Å². The molecule has 0 saturated carbocycles. The van der Waals surface area contributed by atoms with Gasteiger partial charge in [-0.25, -0.2) is 9.79 Å². The van der Waals surface area contributed by atoms with Gasteiger partial charge >= 0.3 is 5.97 Å². The number of para-hydroxylation sites is 1. The summed E-state index contributed by atoms with van der Waals surface area (Å²) < 4.78 is 11.4. The van der Waals surface area contributed by atoms with E-state index in [1.807, 2.05) is 11.8 Å². The summed E-state index contributed by atoms with van der Waals surface area (Å²) in [5, 5.41) is 12.8. The molecule has 1 saturated heterocycles. The van der Waals surface area contributed by atoms with Crippen LogP contribution in [0.5, 0.6) is 0 Å². The predicted octanol–water partition coefficient (Wildman–Crippen LogP) is 2.94. The van der Waals surface area contributed by atoms with E-state index >= 15 is 0 Å². The maximum Gasteiger partial charge on any atom is 0.339 e. The van der Waals surface area contributed by atoms with Crippen molar-refractivity contribution < 1.29 is 23.8 Å². The Bertz CT molecular complexity index is 1090. The van der Waals surface area contributed by atoms with Crippen molar-refractivity contribution in [2.75, 3.05) is 25.1 Å². The van der Waals surface area contributed by atoms with Gasteiger partial charge in [-0.15, -0.1) is 0 Å². The molecular weight excluding hydrogens is 424 g/mol. The monoisotopic (exact) mass is 446 g/mol. The average molecular weight is 447 g/mol. The van der Waals surface area contributed by atoms with Crippen LogP contribution in [0.15, 0.2) is 38.3 Å². The molecule has 0 unspecified atom stereocenters. The summed E-state index contributed by atoms with van der Waals surface area (Å²) in [4.78, 5) is 34.6. The van der Waals surface area contributed by atoms with E-state index in [1.165, 1.54) is 6.07 Å². The fraction of sp³-hybridized carbons (Fsp3) is 0.429. The van der Waals surface area contributed by atoms with Gasteiger partial charge in [-0.1, -0.05) is 24.6 Å². The Labute approximate surface area is 183 Å². The number of nitrogens with zero attached hydrogens (tertiary/aromatic N) is 3. The Morgan fingerprint density at radius 1 is 1.42 bits per heavy atom. The fourth-order valence-corrected chi connectivity index (χ4v) is 4.20. The zero-order chi connectivity index (χ0) is 22.1. The van der Waals surface area contributed by atoms with Crippen molar-refractivity contribution in [3.05, 3.63) is 34.5 Å². The number of piperidine rings is 1. The number of aromatic carboxylic acids is 1. The molecule has 164 valence electrons. The second-order valence-electron chi connectivity index (χ2n) is 7.53. The molecule has 2 N–H and O–H groups in total. The standard InChI is InChI=1S/C21H23ClN4O5/c1-3-11-9-15(23-18(11)22)19(27)24-13-7-8-26(10-16(13)30-2)21-25-14-6-4-5-12(20(28)29)17(14)31-21/h4-6,13,16H,3,7-10H2,1-2H3,(H,24,27)(H,28,29)/t13-,16+/m1/s1. The van der Waals surface area contributed by atoms with E-state index in [4.69, 9.17) is 20.8 Å². The summed E-state index contributed by atoms with van der Waals surface area (Å²) in [7, 11) is 1.59. The first kappa shape index (κ1) is 21.3. The zero-order valence-electron chi connectivity index (χ0n) is 17.2. The molecule has 3 heterocycles. The van der Waals surface area contributed by atoms with Crippen LogP contribution in [0.1, 0.15) is 36.5 Å². The summed E-state index contributed by atoms with van der Waals surface area (Å²) >= 11 is 6.09. The van der Waals surface area contributed by atoms with Gasteiger partial charge < -0.3 is 24.5 Å². The molecule has 2 aliphatic rings. The molecule has 1 fully saturated rings. The third-order valence-electron chi connectivity index (χ3n) is 5.68. The van der Waals surface area contributed by atoms with Crippen LogP contribution in [0.2, 0.25) is 0 Å². The summed E-state index contributed by atoms with van der Waals surface area (Å²) in [6.07, 6.45) is 1.52. The first-order valence-corrected chi connectivity index (χ1v) is 10.5. The Morgan fingerprint density at radius 2 is 2.23 bits per heavy atom. The number of amides is 1. The van der Waals surface area contributed by atoms with Crippen molar-refractivity contribution in [1.29, 1.82) is 0 Å². The number of anilines is 1. The molecule has 0 aliphatic carbocycles. The lowest BCUT2D eigenvalue weighted by Crippen LogP contribution is -2.56. The first-order valence-electron chi connectivity index (χ1n) is 10.1. The van der Waals surface area contributed by atoms with Gasteiger partial charge in [0, 0.05) is 20.1 Å². The van der Waals surface area contributed by atoms with Crippen LogP contribution in [-0.4, -0.2) is 60.0 Å². The Balaban J connectivity index is 1.45. The van der Waals surface area contributed by atoms with Crippen LogP contribution in [-0.2, 0) is 9.53 Å². The van der Waals surface area contributed by atoms with Crippen molar-refractivity contribution in [2.24, 2.45) is 4.99 Å². The number of nitrogens with one attached hydrogen (secondary N) is 1. The molecule has 4 rings (SSSR count). The van der Waals surface area contributed by atoms with E-state index in [9.17, 15) is 14.7 Å². The number of halogens is 1. The van der Waals surface area contributed by atoms with Crippen LogP contribution >= 0.6 is 11.6 Å². The molecule has 1 aromatic heterocycles. The summed E-state index contributed by atoms with van der Waals surface area (Å²) in [5.74, 6) is -1.31. The maximum atomic E-state index is 12.7. The number of benzene rings is 1. The minimum absolute atomic E-state index is 0.0674. The smallest absolute Gasteiger partial charge is 0.339 e. The number of rotatable bonds is 6. The highest BCUT2D eigenvalue weighted by Crippen LogP contribution is 2.28. The Kier molecular flexibility index (Phi) is 5.97. The number of allylic oxidation sites excluding steroid dienone is 1. The summed E-state index contributed by atoms with van der Waals surface area (Å²) in [6.45, 7) is 2.98. The molecule has 1 aromatic carbocycles. The second-order valence-corrected chi connectivity index (χ2v) is 7.89. The number of carbonyl (C=O) groups is 2.